The van der Waals surface area contributed by atoms with Crippen LogP contribution < -0.4 is 5.32 Å². The first kappa shape index (κ1) is 19.2. The van der Waals surface area contributed by atoms with E-state index in [0.717, 1.165) is 45.0 Å². The van der Waals surface area contributed by atoms with Crippen molar-refractivity contribution in [3.8, 4) is 6.07 Å². The molecule has 1 heterocycles. The summed E-state index contributed by atoms with van der Waals surface area (Å²) in [5.41, 5.74) is 2.23. The molecular weight excluding hydrogens is 316 g/mol. The van der Waals surface area contributed by atoms with E-state index in [1.54, 1.807) is 11.9 Å². The number of likely N-dealkylation sites (N-methyl/N-ethyl adjacent to an activating group) is 1. The third-order valence-electron chi connectivity index (χ3n) is 4.46. The Kier molecular flexibility index (Phi) is 7.71. The average molecular weight is 344 g/mol. The molecule has 0 bridgehead atoms. The first-order valence-electron chi connectivity index (χ1n) is 8.87. The number of morpholine rings is 1. The normalized spacial score (nSPS) is 16.0. The van der Waals surface area contributed by atoms with Gasteiger partial charge in [-0.15, -0.1) is 0 Å². The van der Waals surface area contributed by atoms with Crippen LogP contribution in [-0.2, 0) is 16.0 Å². The fourth-order valence-corrected chi connectivity index (χ4v) is 2.85. The first-order valence-corrected chi connectivity index (χ1v) is 8.87. The zero-order valence-electron chi connectivity index (χ0n) is 15.2. The monoisotopic (exact) mass is 344 g/mol. The number of nitriles is 1. The molecule has 136 valence electrons. The van der Waals surface area contributed by atoms with E-state index < -0.39 is 0 Å². The second kappa shape index (κ2) is 10.0. The van der Waals surface area contributed by atoms with Crippen molar-refractivity contribution in [3.05, 3.63) is 29.8 Å². The molecule has 0 aliphatic carbocycles. The van der Waals surface area contributed by atoms with Crippen LogP contribution in [0, 0.1) is 11.3 Å². The third kappa shape index (κ3) is 6.37. The highest BCUT2D eigenvalue weighted by Gasteiger charge is 2.17. The fourth-order valence-electron chi connectivity index (χ4n) is 2.85. The van der Waals surface area contributed by atoms with Gasteiger partial charge in [0.2, 0.25) is 5.91 Å². The van der Waals surface area contributed by atoms with Crippen LogP contribution in [0.4, 0.5) is 5.69 Å². The maximum Gasteiger partial charge on any atom is 0.244 e. The van der Waals surface area contributed by atoms with Gasteiger partial charge in [-0.05, 0) is 31.0 Å². The van der Waals surface area contributed by atoms with Crippen molar-refractivity contribution in [1.29, 1.82) is 5.26 Å². The van der Waals surface area contributed by atoms with Crippen LogP contribution in [0.25, 0.3) is 0 Å². The zero-order valence-corrected chi connectivity index (χ0v) is 15.2. The molecule has 1 fully saturated rings. The predicted octanol–water partition coefficient (Wildman–Crippen LogP) is 1.73. The van der Waals surface area contributed by atoms with Gasteiger partial charge in [-0.3, -0.25) is 9.69 Å². The third-order valence-corrected chi connectivity index (χ3v) is 4.46. The standard InChI is InChI=1S/C19H28N4O2/c1-16(19(24)22(2)10-3-9-20)21-18-6-4-17(5-7-18)8-11-23-12-14-25-15-13-23/h4-7,16,21H,3,8,10-15H2,1-2H3/t16-/m0/s1. The van der Waals surface area contributed by atoms with E-state index in [4.69, 9.17) is 10.00 Å². The smallest absolute Gasteiger partial charge is 0.244 e. The van der Waals surface area contributed by atoms with Gasteiger partial charge < -0.3 is 15.0 Å². The Morgan fingerprint density at radius 2 is 2.04 bits per heavy atom. The van der Waals surface area contributed by atoms with E-state index in [2.05, 4.69) is 28.4 Å². The Morgan fingerprint density at radius 1 is 1.36 bits per heavy atom. The molecule has 0 unspecified atom stereocenters. The average Bonchev–Trinajstić information content (AvgIpc) is 2.65. The predicted molar refractivity (Wildman–Crippen MR) is 98.4 cm³/mol. The number of carbonyl (C=O) groups is 1. The lowest BCUT2D eigenvalue weighted by molar-refractivity contribution is -0.130. The summed E-state index contributed by atoms with van der Waals surface area (Å²) in [6.45, 7) is 7.04. The summed E-state index contributed by atoms with van der Waals surface area (Å²) in [6, 6.07) is 10.0. The zero-order chi connectivity index (χ0) is 18.1. The van der Waals surface area contributed by atoms with Crippen molar-refractivity contribution < 1.29 is 9.53 Å². The molecule has 1 aliphatic heterocycles. The van der Waals surface area contributed by atoms with Crippen LogP contribution in [0.3, 0.4) is 0 Å². The first-order chi connectivity index (χ1) is 12.1. The number of anilines is 1. The molecule has 0 spiro atoms. The number of benzene rings is 1. The topological polar surface area (TPSA) is 68.6 Å². The number of nitrogens with zero attached hydrogens (tertiary/aromatic N) is 3. The molecule has 1 aliphatic rings. The summed E-state index contributed by atoms with van der Waals surface area (Å²) in [5.74, 6) is -0.00774. The molecule has 2 rings (SSSR count). The minimum Gasteiger partial charge on any atom is -0.379 e. The van der Waals surface area contributed by atoms with Crippen molar-refractivity contribution >= 4 is 11.6 Å². The largest absolute Gasteiger partial charge is 0.379 e. The van der Waals surface area contributed by atoms with Crippen LogP contribution >= 0.6 is 0 Å². The van der Waals surface area contributed by atoms with Crippen LogP contribution in [0.15, 0.2) is 24.3 Å². The Balaban J connectivity index is 1.78. The molecule has 1 N–H and O–H groups in total. The van der Waals surface area contributed by atoms with Gasteiger partial charge in [-0.2, -0.15) is 5.26 Å². The summed E-state index contributed by atoms with van der Waals surface area (Å²) in [6.07, 6.45) is 1.37. The van der Waals surface area contributed by atoms with Gasteiger partial charge in [0, 0.05) is 38.9 Å². The Hall–Kier alpha value is -2.10. The summed E-state index contributed by atoms with van der Waals surface area (Å²) in [4.78, 5) is 16.3. The molecule has 1 aromatic rings. The summed E-state index contributed by atoms with van der Waals surface area (Å²) < 4.78 is 5.37. The van der Waals surface area contributed by atoms with E-state index in [1.807, 2.05) is 19.1 Å². The van der Waals surface area contributed by atoms with Crippen molar-refractivity contribution in [2.24, 2.45) is 0 Å². The molecule has 0 aromatic heterocycles. The molecule has 6 heteroatoms. The molecule has 0 saturated carbocycles. The Labute approximate surface area is 150 Å². The highest BCUT2D eigenvalue weighted by molar-refractivity contribution is 5.84. The number of carbonyl (C=O) groups excluding carboxylic acids is 1. The van der Waals surface area contributed by atoms with Crippen molar-refractivity contribution in [1.82, 2.24) is 9.80 Å². The van der Waals surface area contributed by atoms with E-state index in [9.17, 15) is 4.79 Å². The lowest BCUT2D eigenvalue weighted by Crippen LogP contribution is -2.39. The van der Waals surface area contributed by atoms with E-state index in [-0.39, 0.29) is 11.9 Å². The van der Waals surface area contributed by atoms with Crippen LogP contribution in [0.2, 0.25) is 0 Å². The van der Waals surface area contributed by atoms with E-state index in [1.165, 1.54) is 5.56 Å². The number of nitrogens with one attached hydrogen (secondary N) is 1. The second-order valence-electron chi connectivity index (χ2n) is 6.43. The highest BCUT2D eigenvalue weighted by atomic mass is 16.5. The van der Waals surface area contributed by atoms with Gasteiger partial charge in [0.15, 0.2) is 0 Å². The fraction of sp³-hybridized carbons (Fsp3) is 0.579. The van der Waals surface area contributed by atoms with E-state index >= 15 is 0 Å². The van der Waals surface area contributed by atoms with Crippen molar-refractivity contribution in [2.45, 2.75) is 25.8 Å². The molecule has 0 radical (unpaired) electrons. The van der Waals surface area contributed by atoms with Gasteiger partial charge in [0.05, 0.1) is 25.7 Å². The second-order valence-corrected chi connectivity index (χ2v) is 6.43. The number of ether oxygens (including phenoxy) is 1. The minimum atomic E-state index is -0.317. The summed E-state index contributed by atoms with van der Waals surface area (Å²) in [7, 11) is 1.73. The van der Waals surface area contributed by atoms with Gasteiger partial charge in [0.1, 0.15) is 6.04 Å². The lowest BCUT2D eigenvalue weighted by Gasteiger charge is -2.26. The minimum absolute atomic E-state index is 0.00774. The van der Waals surface area contributed by atoms with Gasteiger partial charge in [0.25, 0.3) is 0 Å². The molecule has 1 saturated heterocycles. The SMILES string of the molecule is C[C@H](Nc1ccc(CCN2CCOCC2)cc1)C(=O)N(C)CCC#N. The maximum absolute atomic E-state index is 12.2. The number of hydrogen-bond acceptors (Lipinski definition) is 5. The van der Waals surface area contributed by atoms with Crippen LogP contribution in [0.1, 0.15) is 18.9 Å². The quantitative estimate of drug-likeness (QED) is 0.778. The lowest BCUT2D eigenvalue weighted by atomic mass is 10.1. The molecule has 1 aromatic carbocycles. The molecule has 6 nitrogen and oxygen atoms in total. The number of amides is 1. The van der Waals surface area contributed by atoms with Gasteiger partial charge in [-0.1, -0.05) is 12.1 Å². The highest BCUT2D eigenvalue weighted by Crippen LogP contribution is 2.13. The van der Waals surface area contributed by atoms with E-state index in [0.29, 0.717) is 13.0 Å². The molecular formula is C19H28N4O2. The molecule has 1 atom stereocenters. The van der Waals surface area contributed by atoms with Crippen molar-refractivity contribution in [3.63, 3.8) is 0 Å². The van der Waals surface area contributed by atoms with Crippen molar-refractivity contribution in [2.75, 3.05) is 51.8 Å². The van der Waals surface area contributed by atoms with Crippen LogP contribution in [-0.4, -0.2) is 68.2 Å². The van der Waals surface area contributed by atoms with Gasteiger partial charge in [-0.25, -0.2) is 0 Å². The molecule has 25 heavy (non-hydrogen) atoms. The Bertz CT molecular complexity index is 576. The number of hydrogen-bond donors (Lipinski definition) is 1. The van der Waals surface area contributed by atoms with Gasteiger partial charge >= 0.3 is 0 Å². The Morgan fingerprint density at radius 3 is 2.68 bits per heavy atom. The maximum atomic E-state index is 12.2. The molecule has 1 amide bonds. The number of rotatable bonds is 8. The summed E-state index contributed by atoms with van der Waals surface area (Å²) in [5, 5.41) is 11.8. The summed E-state index contributed by atoms with van der Waals surface area (Å²) >= 11 is 0. The van der Waals surface area contributed by atoms with Crippen LogP contribution in [0.5, 0.6) is 0 Å².